The summed E-state index contributed by atoms with van der Waals surface area (Å²) >= 11 is 2.56. The van der Waals surface area contributed by atoms with Crippen LogP contribution in [0.1, 0.15) is 18.4 Å². The van der Waals surface area contributed by atoms with Gasteiger partial charge in [0.15, 0.2) is 25.9 Å². The van der Waals surface area contributed by atoms with Gasteiger partial charge in [0.05, 0.1) is 15.8 Å². The van der Waals surface area contributed by atoms with Crippen LogP contribution in [-0.4, -0.2) is 39.3 Å². The molecule has 1 N–H and O–H groups in total. The lowest BCUT2D eigenvalue weighted by atomic mass is 10.3. The summed E-state index contributed by atoms with van der Waals surface area (Å²) in [5.74, 6) is -0.274. The summed E-state index contributed by atoms with van der Waals surface area (Å²) in [4.78, 5) is 17.1. The zero-order chi connectivity index (χ0) is 23.4. The highest BCUT2D eigenvalue weighted by atomic mass is 32.2. The van der Waals surface area contributed by atoms with E-state index in [0.717, 1.165) is 5.69 Å². The van der Waals surface area contributed by atoms with Crippen molar-refractivity contribution in [3.8, 4) is 5.69 Å². The third kappa shape index (κ3) is 5.49. The number of thioether (sulfide) groups is 1. The monoisotopic (exact) mass is 499 g/mol. The minimum absolute atomic E-state index is 0.216. The Kier molecular flexibility index (Phi) is 6.91. The number of aryl methyl sites for hydroxylation is 1. The van der Waals surface area contributed by atoms with Crippen LogP contribution in [0.4, 0.5) is 5.13 Å². The number of nitrogens with zero attached hydrogens (tertiary/aromatic N) is 4. The fourth-order valence-corrected chi connectivity index (χ4v) is 5.86. The lowest BCUT2D eigenvalue weighted by Gasteiger charge is -2.13. The molecule has 2 aromatic heterocycles. The number of rotatable bonds is 8. The fraction of sp³-hybridized carbons (Fsp3) is 0.182. The number of aromatic nitrogens is 4. The minimum atomic E-state index is -3.63. The number of benzene rings is 2. The van der Waals surface area contributed by atoms with Crippen molar-refractivity contribution in [2.75, 3.05) is 5.32 Å². The summed E-state index contributed by atoms with van der Waals surface area (Å²) in [5, 5.41) is 13.5. The quantitative estimate of drug-likeness (QED) is 0.363. The van der Waals surface area contributed by atoms with Gasteiger partial charge in [-0.3, -0.25) is 9.36 Å². The number of hydrogen-bond donors (Lipinski definition) is 1. The van der Waals surface area contributed by atoms with E-state index in [1.165, 1.54) is 23.1 Å². The summed E-state index contributed by atoms with van der Waals surface area (Å²) in [7, 11) is -3.63. The van der Waals surface area contributed by atoms with Crippen molar-refractivity contribution in [1.82, 2.24) is 19.7 Å². The maximum absolute atomic E-state index is 13.0. The molecule has 0 saturated heterocycles. The van der Waals surface area contributed by atoms with Gasteiger partial charge >= 0.3 is 0 Å². The highest BCUT2D eigenvalue weighted by Crippen LogP contribution is 2.28. The molecule has 2 aromatic carbocycles. The van der Waals surface area contributed by atoms with Gasteiger partial charge in [-0.2, -0.15) is 0 Å². The Balaban J connectivity index is 1.62. The molecule has 1 unspecified atom stereocenters. The third-order valence-corrected chi connectivity index (χ3v) is 8.18. The first kappa shape index (κ1) is 23.1. The molecule has 0 aliphatic carbocycles. The van der Waals surface area contributed by atoms with Crippen molar-refractivity contribution in [2.45, 2.75) is 34.9 Å². The summed E-state index contributed by atoms with van der Waals surface area (Å²) in [6, 6.07) is 17.5. The van der Waals surface area contributed by atoms with Gasteiger partial charge in [-0.1, -0.05) is 48.2 Å². The highest BCUT2D eigenvalue weighted by Gasteiger charge is 2.25. The van der Waals surface area contributed by atoms with Crippen molar-refractivity contribution in [3.05, 3.63) is 77.6 Å². The number of carbonyl (C=O) groups is 1. The van der Waals surface area contributed by atoms with Crippen molar-refractivity contribution in [1.29, 1.82) is 0 Å². The first-order valence-electron chi connectivity index (χ1n) is 10.0. The molecular weight excluding hydrogens is 478 g/mol. The molecule has 33 heavy (non-hydrogen) atoms. The van der Waals surface area contributed by atoms with Crippen LogP contribution >= 0.6 is 23.1 Å². The smallest absolute Gasteiger partial charge is 0.239 e. The summed E-state index contributed by atoms with van der Waals surface area (Å²) in [5.41, 5.74) is 1.55. The second kappa shape index (κ2) is 9.86. The van der Waals surface area contributed by atoms with E-state index in [2.05, 4.69) is 20.5 Å². The predicted octanol–water partition coefficient (Wildman–Crippen LogP) is 4.13. The van der Waals surface area contributed by atoms with E-state index >= 15 is 0 Å². The zero-order valence-corrected chi connectivity index (χ0v) is 20.3. The molecule has 0 aliphatic heterocycles. The third-order valence-electron chi connectivity index (χ3n) is 4.64. The molecule has 0 radical (unpaired) electrons. The molecule has 8 nitrogen and oxygen atoms in total. The van der Waals surface area contributed by atoms with Gasteiger partial charge in [0.25, 0.3) is 0 Å². The van der Waals surface area contributed by atoms with Crippen molar-refractivity contribution < 1.29 is 13.2 Å². The Morgan fingerprint density at radius 2 is 1.76 bits per heavy atom. The van der Waals surface area contributed by atoms with E-state index in [0.29, 0.717) is 16.0 Å². The standard InChI is InChI=1S/C22H21N5O3S3/c1-15-13-31-21(23-15)24-20(28)16(2)32-22-26-25-19(27(22)17-9-5-3-6-10-17)14-33(29,30)18-11-7-4-8-12-18/h3-13,16H,14H2,1-2H3,(H,23,24,28). The van der Waals surface area contributed by atoms with Crippen molar-refractivity contribution >= 4 is 44.0 Å². The molecule has 0 saturated carbocycles. The average Bonchev–Trinajstić information content (AvgIpc) is 3.40. The first-order valence-corrected chi connectivity index (χ1v) is 13.4. The Hall–Kier alpha value is -3.02. The minimum Gasteiger partial charge on any atom is -0.301 e. The van der Waals surface area contributed by atoms with Crippen molar-refractivity contribution in [2.24, 2.45) is 0 Å². The van der Waals surface area contributed by atoms with Gasteiger partial charge in [0, 0.05) is 11.1 Å². The molecular formula is C22H21N5O3S3. The largest absolute Gasteiger partial charge is 0.301 e. The zero-order valence-electron chi connectivity index (χ0n) is 17.9. The summed E-state index contributed by atoms with van der Waals surface area (Å²) < 4.78 is 27.6. The number of anilines is 1. The number of hydrogen-bond acceptors (Lipinski definition) is 8. The van der Waals surface area contributed by atoms with E-state index in [1.54, 1.807) is 41.8 Å². The van der Waals surface area contributed by atoms with Crippen LogP contribution in [0.5, 0.6) is 0 Å². The average molecular weight is 500 g/mol. The maximum atomic E-state index is 13.0. The molecule has 170 valence electrons. The van der Waals surface area contributed by atoms with Crippen LogP contribution in [0, 0.1) is 6.92 Å². The molecule has 0 fully saturated rings. The van der Waals surface area contributed by atoms with Gasteiger partial charge in [0.2, 0.25) is 5.91 Å². The molecule has 0 bridgehead atoms. The number of thiazole rings is 1. The molecule has 0 aliphatic rings. The van der Waals surface area contributed by atoms with Crippen LogP contribution in [0.25, 0.3) is 5.69 Å². The molecule has 4 aromatic rings. The molecule has 1 amide bonds. The number of para-hydroxylation sites is 1. The Labute approximate surface area is 200 Å². The second-order valence-corrected chi connectivity index (χ2v) is 11.3. The van der Waals surface area contributed by atoms with Crippen LogP contribution in [-0.2, 0) is 20.4 Å². The normalized spacial score (nSPS) is 12.4. The van der Waals surface area contributed by atoms with E-state index in [9.17, 15) is 13.2 Å². The Morgan fingerprint density at radius 1 is 1.09 bits per heavy atom. The van der Waals surface area contributed by atoms with E-state index in [4.69, 9.17) is 0 Å². The van der Waals surface area contributed by atoms with Gasteiger partial charge in [-0.15, -0.1) is 21.5 Å². The second-order valence-electron chi connectivity index (χ2n) is 7.19. The van der Waals surface area contributed by atoms with Gasteiger partial charge in [0.1, 0.15) is 5.75 Å². The first-order chi connectivity index (χ1) is 15.8. The van der Waals surface area contributed by atoms with Crippen molar-refractivity contribution in [3.63, 3.8) is 0 Å². The lowest BCUT2D eigenvalue weighted by molar-refractivity contribution is -0.115. The molecule has 2 heterocycles. The lowest BCUT2D eigenvalue weighted by Crippen LogP contribution is -2.23. The van der Waals surface area contributed by atoms with Crippen LogP contribution < -0.4 is 5.32 Å². The molecule has 4 rings (SSSR count). The van der Waals surface area contributed by atoms with Gasteiger partial charge in [-0.25, -0.2) is 13.4 Å². The van der Waals surface area contributed by atoms with E-state index in [1.807, 2.05) is 42.6 Å². The van der Waals surface area contributed by atoms with E-state index < -0.39 is 15.1 Å². The molecule has 0 spiro atoms. The molecule has 1 atom stereocenters. The number of sulfone groups is 1. The Bertz CT molecular complexity index is 1350. The maximum Gasteiger partial charge on any atom is 0.239 e. The van der Waals surface area contributed by atoms with Gasteiger partial charge in [-0.05, 0) is 38.1 Å². The topological polar surface area (TPSA) is 107 Å². The fourth-order valence-electron chi connectivity index (χ4n) is 3.02. The number of nitrogens with one attached hydrogen (secondary N) is 1. The van der Waals surface area contributed by atoms with Crippen LogP contribution in [0.3, 0.4) is 0 Å². The summed E-state index contributed by atoms with van der Waals surface area (Å²) in [6.07, 6.45) is 0. The van der Waals surface area contributed by atoms with Crippen LogP contribution in [0.2, 0.25) is 0 Å². The predicted molar refractivity (Wildman–Crippen MR) is 129 cm³/mol. The Morgan fingerprint density at radius 3 is 2.39 bits per heavy atom. The van der Waals surface area contributed by atoms with Crippen LogP contribution in [0.15, 0.2) is 76.1 Å². The highest BCUT2D eigenvalue weighted by molar-refractivity contribution is 8.00. The SMILES string of the molecule is Cc1csc(NC(=O)C(C)Sc2nnc(CS(=O)(=O)c3ccccc3)n2-c2ccccc2)n1. The number of amides is 1. The molecule has 11 heteroatoms. The van der Waals surface area contributed by atoms with E-state index in [-0.39, 0.29) is 22.4 Å². The summed E-state index contributed by atoms with van der Waals surface area (Å²) in [6.45, 7) is 3.61. The number of carbonyl (C=O) groups excluding carboxylic acids is 1. The van der Waals surface area contributed by atoms with Gasteiger partial charge < -0.3 is 5.32 Å².